The second-order valence-electron chi connectivity index (χ2n) is 4.82. The maximum Gasteiger partial charge on any atom is 0.0847 e. The molecule has 0 spiro atoms. The molecule has 2 heterocycles. The fourth-order valence-corrected chi connectivity index (χ4v) is 2.57. The fraction of sp³-hybridized carbons (Fsp3) is 0.429. The molecule has 5 nitrogen and oxygen atoms in total. The molecule has 20 heavy (non-hydrogen) atoms. The third-order valence-electron chi connectivity index (χ3n) is 3.51. The van der Waals surface area contributed by atoms with Crippen LogP contribution >= 0.6 is 11.6 Å². The quantitative estimate of drug-likeness (QED) is 0.656. The number of nitrogens with two attached hydrogens (primary N) is 1. The molecule has 108 valence electrons. The van der Waals surface area contributed by atoms with Crippen molar-refractivity contribution in [2.24, 2.45) is 5.84 Å². The summed E-state index contributed by atoms with van der Waals surface area (Å²) < 4.78 is 1.92. The molecular weight excluding hydrogens is 274 g/mol. The Morgan fingerprint density at radius 1 is 1.45 bits per heavy atom. The molecule has 0 amide bonds. The maximum absolute atomic E-state index is 6.35. The van der Waals surface area contributed by atoms with E-state index in [0.29, 0.717) is 11.4 Å². The lowest BCUT2D eigenvalue weighted by atomic mass is 10.00. The Bertz CT molecular complexity index is 593. The SMILES string of the molecule is CCn1nc(C)c(Cl)c1CC(NN)c1cnccc1C. The largest absolute Gasteiger partial charge is 0.271 e. The first-order valence-electron chi connectivity index (χ1n) is 6.66. The van der Waals surface area contributed by atoms with Gasteiger partial charge in [0, 0.05) is 25.4 Å². The van der Waals surface area contributed by atoms with Crippen molar-refractivity contribution in [3.63, 3.8) is 0 Å². The van der Waals surface area contributed by atoms with Crippen LogP contribution in [0.25, 0.3) is 0 Å². The summed E-state index contributed by atoms with van der Waals surface area (Å²) in [7, 11) is 0. The smallest absolute Gasteiger partial charge is 0.0847 e. The molecule has 0 bridgehead atoms. The van der Waals surface area contributed by atoms with Gasteiger partial charge in [0.25, 0.3) is 0 Å². The second-order valence-corrected chi connectivity index (χ2v) is 5.20. The highest BCUT2D eigenvalue weighted by Crippen LogP contribution is 2.26. The molecule has 1 atom stereocenters. The van der Waals surface area contributed by atoms with Gasteiger partial charge in [-0.25, -0.2) is 0 Å². The molecule has 0 radical (unpaired) electrons. The fourth-order valence-electron chi connectivity index (χ4n) is 2.36. The zero-order valence-electron chi connectivity index (χ0n) is 12.0. The van der Waals surface area contributed by atoms with Crippen molar-refractivity contribution >= 4 is 11.6 Å². The lowest BCUT2D eigenvalue weighted by molar-refractivity contribution is 0.514. The summed E-state index contributed by atoms with van der Waals surface area (Å²) in [4.78, 5) is 4.18. The van der Waals surface area contributed by atoms with Gasteiger partial charge in [-0.3, -0.25) is 20.9 Å². The highest BCUT2D eigenvalue weighted by Gasteiger charge is 2.19. The van der Waals surface area contributed by atoms with Gasteiger partial charge in [0.15, 0.2) is 0 Å². The molecule has 2 aromatic heterocycles. The Labute approximate surface area is 124 Å². The lowest BCUT2D eigenvalue weighted by Gasteiger charge is -2.18. The number of hydrazine groups is 1. The van der Waals surface area contributed by atoms with Gasteiger partial charge in [-0.1, -0.05) is 11.6 Å². The topological polar surface area (TPSA) is 68.8 Å². The number of pyridine rings is 1. The molecule has 0 aliphatic carbocycles. The van der Waals surface area contributed by atoms with Crippen LogP contribution in [-0.2, 0) is 13.0 Å². The first kappa shape index (κ1) is 15.0. The van der Waals surface area contributed by atoms with E-state index in [9.17, 15) is 0 Å². The predicted octanol–water partition coefficient (Wildman–Crippen LogP) is 2.32. The average molecular weight is 294 g/mol. The molecule has 0 aromatic carbocycles. The molecule has 1 unspecified atom stereocenters. The van der Waals surface area contributed by atoms with Crippen LogP contribution in [0.1, 0.15) is 35.5 Å². The van der Waals surface area contributed by atoms with E-state index >= 15 is 0 Å². The van der Waals surface area contributed by atoms with E-state index in [1.807, 2.05) is 37.7 Å². The Hall–Kier alpha value is -1.43. The van der Waals surface area contributed by atoms with E-state index in [-0.39, 0.29) is 6.04 Å². The Balaban J connectivity index is 2.34. The minimum atomic E-state index is -0.0393. The maximum atomic E-state index is 6.35. The molecule has 0 aliphatic rings. The van der Waals surface area contributed by atoms with Crippen molar-refractivity contribution in [2.75, 3.05) is 0 Å². The zero-order chi connectivity index (χ0) is 14.7. The Kier molecular flexibility index (Phi) is 4.75. The van der Waals surface area contributed by atoms with Gasteiger partial charge in [-0.2, -0.15) is 5.10 Å². The van der Waals surface area contributed by atoms with Gasteiger partial charge in [-0.15, -0.1) is 0 Å². The second kappa shape index (κ2) is 6.35. The molecule has 0 fully saturated rings. The van der Waals surface area contributed by atoms with Crippen LogP contribution in [0, 0.1) is 13.8 Å². The van der Waals surface area contributed by atoms with Crippen LogP contribution in [0.4, 0.5) is 0 Å². The number of nitrogens with one attached hydrogen (secondary N) is 1. The van der Waals surface area contributed by atoms with Gasteiger partial charge in [-0.05, 0) is 38.0 Å². The normalized spacial score (nSPS) is 12.7. The Morgan fingerprint density at radius 3 is 2.80 bits per heavy atom. The van der Waals surface area contributed by atoms with E-state index in [0.717, 1.165) is 29.1 Å². The van der Waals surface area contributed by atoms with Crippen LogP contribution in [0.15, 0.2) is 18.5 Å². The molecule has 3 N–H and O–H groups in total. The van der Waals surface area contributed by atoms with E-state index in [2.05, 4.69) is 15.5 Å². The standard InChI is InChI=1S/C14H20ClN5/c1-4-20-13(14(15)10(3)19-20)7-12(18-16)11-8-17-6-5-9(11)2/h5-6,8,12,18H,4,7,16H2,1-3H3. The number of halogens is 1. The van der Waals surface area contributed by atoms with Gasteiger partial charge in [0.05, 0.1) is 22.5 Å². The van der Waals surface area contributed by atoms with Gasteiger partial charge in [0.2, 0.25) is 0 Å². The Morgan fingerprint density at radius 2 is 2.20 bits per heavy atom. The van der Waals surface area contributed by atoms with Crippen molar-refractivity contribution in [3.05, 3.63) is 46.0 Å². The van der Waals surface area contributed by atoms with Crippen molar-refractivity contribution in [1.29, 1.82) is 0 Å². The predicted molar refractivity (Wildman–Crippen MR) is 80.4 cm³/mol. The summed E-state index contributed by atoms with van der Waals surface area (Å²) in [6.45, 7) is 6.79. The molecular formula is C14H20ClN5. The summed E-state index contributed by atoms with van der Waals surface area (Å²) in [5, 5.41) is 5.15. The van der Waals surface area contributed by atoms with Crippen LogP contribution in [-0.4, -0.2) is 14.8 Å². The number of aryl methyl sites for hydroxylation is 3. The average Bonchev–Trinajstić information content (AvgIpc) is 2.73. The van der Waals surface area contributed by atoms with Gasteiger partial charge in [0.1, 0.15) is 0 Å². The van der Waals surface area contributed by atoms with Crippen LogP contribution in [0.5, 0.6) is 0 Å². The number of hydrogen-bond donors (Lipinski definition) is 2. The number of hydrogen-bond acceptors (Lipinski definition) is 4. The van der Waals surface area contributed by atoms with Crippen LogP contribution in [0.2, 0.25) is 5.02 Å². The van der Waals surface area contributed by atoms with Gasteiger partial charge < -0.3 is 0 Å². The zero-order valence-corrected chi connectivity index (χ0v) is 12.8. The summed E-state index contributed by atoms with van der Waals surface area (Å²) in [6, 6.07) is 1.94. The summed E-state index contributed by atoms with van der Waals surface area (Å²) in [5.74, 6) is 5.72. The highest BCUT2D eigenvalue weighted by molar-refractivity contribution is 6.31. The van der Waals surface area contributed by atoms with E-state index in [1.165, 1.54) is 0 Å². The van der Waals surface area contributed by atoms with Crippen molar-refractivity contribution in [1.82, 2.24) is 20.2 Å². The minimum absolute atomic E-state index is 0.0393. The summed E-state index contributed by atoms with van der Waals surface area (Å²) in [5.41, 5.74) is 6.93. The lowest BCUT2D eigenvalue weighted by Crippen LogP contribution is -2.31. The first-order chi connectivity index (χ1) is 9.58. The first-order valence-corrected chi connectivity index (χ1v) is 7.04. The molecule has 2 rings (SSSR count). The summed E-state index contributed by atoms with van der Waals surface area (Å²) >= 11 is 6.35. The van der Waals surface area contributed by atoms with E-state index in [4.69, 9.17) is 17.4 Å². The van der Waals surface area contributed by atoms with Crippen molar-refractivity contribution in [2.45, 2.75) is 39.8 Å². The number of aromatic nitrogens is 3. The van der Waals surface area contributed by atoms with E-state index in [1.54, 1.807) is 6.20 Å². The molecule has 0 aliphatic heterocycles. The van der Waals surface area contributed by atoms with Crippen LogP contribution in [0.3, 0.4) is 0 Å². The minimum Gasteiger partial charge on any atom is -0.271 e. The third kappa shape index (κ3) is 2.85. The highest BCUT2D eigenvalue weighted by atomic mass is 35.5. The van der Waals surface area contributed by atoms with Gasteiger partial charge >= 0.3 is 0 Å². The van der Waals surface area contributed by atoms with Crippen LogP contribution < -0.4 is 11.3 Å². The monoisotopic (exact) mass is 293 g/mol. The van der Waals surface area contributed by atoms with Crippen molar-refractivity contribution in [3.8, 4) is 0 Å². The molecule has 6 heteroatoms. The molecule has 0 saturated heterocycles. The van der Waals surface area contributed by atoms with Crippen molar-refractivity contribution < 1.29 is 0 Å². The third-order valence-corrected chi connectivity index (χ3v) is 4.00. The van der Waals surface area contributed by atoms with E-state index < -0.39 is 0 Å². The number of rotatable bonds is 5. The molecule has 0 saturated carbocycles. The molecule has 2 aromatic rings. The summed E-state index contributed by atoms with van der Waals surface area (Å²) in [6.07, 6.45) is 4.30. The number of nitrogens with zero attached hydrogens (tertiary/aromatic N) is 3.